The van der Waals surface area contributed by atoms with Crippen molar-refractivity contribution in [2.75, 3.05) is 13.1 Å². The first-order valence-electron chi connectivity index (χ1n) is 4.53. The predicted octanol–water partition coefficient (Wildman–Crippen LogP) is 0.0861. The first-order valence-corrected chi connectivity index (χ1v) is 4.53. The normalized spacial score (nSPS) is 22.1. The van der Waals surface area contributed by atoms with Gasteiger partial charge >= 0.3 is 0 Å². The Balaban J connectivity index is 2.34. The van der Waals surface area contributed by atoms with E-state index in [1.54, 1.807) is 17.0 Å². The molecule has 0 aliphatic carbocycles. The van der Waals surface area contributed by atoms with Crippen molar-refractivity contribution in [2.24, 2.45) is 0 Å². The molecule has 1 aromatic rings. The van der Waals surface area contributed by atoms with Crippen LogP contribution >= 0.6 is 0 Å². The second-order valence-electron chi connectivity index (χ2n) is 3.42. The first-order chi connectivity index (χ1) is 6.27. The Hall–Kier alpha value is -1.16. The predicted molar refractivity (Wildman–Crippen MR) is 49.8 cm³/mol. The van der Waals surface area contributed by atoms with Gasteiger partial charge in [0.05, 0.1) is 12.4 Å². The van der Waals surface area contributed by atoms with Crippen molar-refractivity contribution < 1.29 is 0 Å². The maximum atomic E-state index is 11.5. The summed E-state index contributed by atoms with van der Waals surface area (Å²) in [4.78, 5) is 15.6. The summed E-state index contributed by atoms with van der Waals surface area (Å²) >= 11 is 0. The van der Waals surface area contributed by atoms with E-state index in [9.17, 15) is 4.79 Å². The molecule has 1 N–H and O–H groups in total. The zero-order valence-electron chi connectivity index (χ0n) is 7.66. The Labute approximate surface area is 76.6 Å². The van der Waals surface area contributed by atoms with Crippen LogP contribution in [0.15, 0.2) is 17.2 Å². The summed E-state index contributed by atoms with van der Waals surface area (Å²) in [5, 5.41) is 3.23. The van der Waals surface area contributed by atoms with E-state index in [2.05, 4.69) is 10.3 Å². The number of nitrogens with zero attached hydrogens (tertiary/aromatic N) is 2. The molecule has 0 aromatic carbocycles. The van der Waals surface area contributed by atoms with Gasteiger partial charge < -0.3 is 5.32 Å². The lowest BCUT2D eigenvalue weighted by atomic mass is 10.2. The van der Waals surface area contributed by atoms with Gasteiger partial charge in [-0.2, -0.15) is 0 Å². The summed E-state index contributed by atoms with van der Waals surface area (Å²) in [6.45, 7) is 3.70. The van der Waals surface area contributed by atoms with Crippen LogP contribution in [-0.2, 0) is 0 Å². The molecule has 2 heterocycles. The number of hydrogen-bond acceptors (Lipinski definition) is 3. The number of hydrogen-bond donors (Lipinski definition) is 1. The molecule has 4 heteroatoms. The molecule has 0 radical (unpaired) electrons. The van der Waals surface area contributed by atoms with Crippen molar-refractivity contribution in [1.82, 2.24) is 14.9 Å². The minimum Gasteiger partial charge on any atom is -0.315 e. The zero-order chi connectivity index (χ0) is 9.26. The van der Waals surface area contributed by atoms with E-state index in [0.29, 0.717) is 6.04 Å². The Morgan fingerprint density at radius 3 is 3.15 bits per heavy atom. The van der Waals surface area contributed by atoms with Crippen molar-refractivity contribution in [2.45, 2.75) is 19.4 Å². The van der Waals surface area contributed by atoms with Crippen molar-refractivity contribution >= 4 is 0 Å². The van der Waals surface area contributed by atoms with Crippen LogP contribution in [0.25, 0.3) is 0 Å². The van der Waals surface area contributed by atoms with Gasteiger partial charge in [0.15, 0.2) is 0 Å². The van der Waals surface area contributed by atoms with Gasteiger partial charge in [-0.1, -0.05) is 0 Å². The molecule has 1 aliphatic rings. The number of aromatic nitrogens is 2. The van der Waals surface area contributed by atoms with Crippen molar-refractivity contribution in [3.05, 3.63) is 28.4 Å². The number of rotatable bonds is 1. The zero-order valence-corrected chi connectivity index (χ0v) is 7.66. The molecular formula is C9H13N3O. The highest BCUT2D eigenvalue weighted by Crippen LogP contribution is 2.11. The maximum absolute atomic E-state index is 11.5. The Morgan fingerprint density at radius 2 is 2.54 bits per heavy atom. The molecule has 0 spiro atoms. The Kier molecular flexibility index (Phi) is 2.14. The summed E-state index contributed by atoms with van der Waals surface area (Å²) in [5.41, 5.74) is 0.841. The second kappa shape index (κ2) is 3.30. The van der Waals surface area contributed by atoms with Crippen molar-refractivity contribution in [1.29, 1.82) is 0 Å². The molecule has 13 heavy (non-hydrogen) atoms. The van der Waals surface area contributed by atoms with E-state index < -0.39 is 0 Å². The summed E-state index contributed by atoms with van der Waals surface area (Å²) in [6.07, 6.45) is 2.67. The maximum Gasteiger partial charge on any atom is 0.253 e. The third-order valence-electron chi connectivity index (χ3n) is 2.40. The summed E-state index contributed by atoms with van der Waals surface area (Å²) in [5.74, 6) is 0. The highest BCUT2D eigenvalue weighted by atomic mass is 16.1. The fourth-order valence-electron chi connectivity index (χ4n) is 1.65. The molecule has 2 rings (SSSR count). The molecular weight excluding hydrogens is 166 g/mol. The molecule has 0 bridgehead atoms. The van der Waals surface area contributed by atoms with E-state index in [1.807, 2.05) is 6.92 Å². The Bertz CT molecular complexity index is 352. The monoisotopic (exact) mass is 179 g/mol. The van der Waals surface area contributed by atoms with Gasteiger partial charge in [-0.25, -0.2) is 4.98 Å². The smallest absolute Gasteiger partial charge is 0.253 e. The lowest BCUT2D eigenvalue weighted by molar-refractivity contribution is 0.519. The van der Waals surface area contributed by atoms with Gasteiger partial charge in [-0.05, 0) is 19.9 Å². The molecule has 1 saturated heterocycles. The quantitative estimate of drug-likeness (QED) is 0.664. The van der Waals surface area contributed by atoms with Gasteiger partial charge in [0.1, 0.15) is 0 Å². The lowest BCUT2D eigenvalue weighted by Gasteiger charge is -2.11. The van der Waals surface area contributed by atoms with E-state index in [-0.39, 0.29) is 5.56 Å². The highest BCUT2D eigenvalue weighted by molar-refractivity contribution is 4.98. The molecule has 1 fully saturated rings. The van der Waals surface area contributed by atoms with Crippen molar-refractivity contribution in [3.63, 3.8) is 0 Å². The van der Waals surface area contributed by atoms with Gasteiger partial charge in [0.2, 0.25) is 0 Å². The SMILES string of the molecule is Cc1cc(=O)n(C2CCNC2)cn1. The van der Waals surface area contributed by atoms with Crippen LogP contribution in [0.2, 0.25) is 0 Å². The first kappa shape index (κ1) is 8.44. The molecule has 4 nitrogen and oxygen atoms in total. The molecule has 1 atom stereocenters. The average Bonchev–Trinajstić information content (AvgIpc) is 2.56. The fourth-order valence-corrected chi connectivity index (χ4v) is 1.65. The highest BCUT2D eigenvalue weighted by Gasteiger charge is 2.16. The molecule has 1 aliphatic heterocycles. The van der Waals surface area contributed by atoms with E-state index in [1.165, 1.54) is 0 Å². The topological polar surface area (TPSA) is 46.9 Å². The summed E-state index contributed by atoms with van der Waals surface area (Å²) < 4.78 is 1.72. The molecule has 1 unspecified atom stereocenters. The number of aryl methyl sites for hydroxylation is 1. The van der Waals surface area contributed by atoms with Crippen molar-refractivity contribution in [3.8, 4) is 0 Å². The Morgan fingerprint density at radius 1 is 1.69 bits per heavy atom. The van der Waals surface area contributed by atoms with E-state index in [4.69, 9.17) is 0 Å². The summed E-state index contributed by atoms with van der Waals surface area (Å²) in [6, 6.07) is 1.87. The van der Waals surface area contributed by atoms with Crippen LogP contribution < -0.4 is 10.9 Å². The second-order valence-corrected chi connectivity index (χ2v) is 3.42. The average molecular weight is 179 g/mol. The third-order valence-corrected chi connectivity index (χ3v) is 2.40. The van der Waals surface area contributed by atoms with Crippen LogP contribution in [-0.4, -0.2) is 22.6 Å². The standard InChI is InChI=1S/C9H13N3O/c1-7-4-9(13)12(6-11-7)8-2-3-10-5-8/h4,6,8,10H,2-3,5H2,1H3. The van der Waals surface area contributed by atoms with Crippen LogP contribution in [0.4, 0.5) is 0 Å². The third kappa shape index (κ3) is 1.62. The van der Waals surface area contributed by atoms with Gasteiger partial charge in [0, 0.05) is 18.3 Å². The summed E-state index contributed by atoms with van der Waals surface area (Å²) in [7, 11) is 0. The molecule has 1 aromatic heterocycles. The van der Waals surface area contributed by atoms with Crippen LogP contribution in [0, 0.1) is 6.92 Å². The van der Waals surface area contributed by atoms with Gasteiger partial charge in [-0.3, -0.25) is 9.36 Å². The number of nitrogens with one attached hydrogen (secondary N) is 1. The minimum absolute atomic E-state index is 0.0567. The molecule has 70 valence electrons. The van der Waals surface area contributed by atoms with Gasteiger partial charge in [-0.15, -0.1) is 0 Å². The minimum atomic E-state index is 0.0567. The van der Waals surface area contributed by atoms with Crippen LogP contribution in [0.3, 0.4) is 0 Å². The van der Waals surface area contributed by atoms with Crippen LogP contribution in [0.1, 0.15) is 18.2 Å². The molecule has 0 amide bonds. The lowest BCUT2D eigenvalue weighted by Crippen LogP contribution is -2.26. The largest absolute Gasteiger partial charge is 0.315 e. The van der Waals surface area contributed by atoms with E-state index >= 15 is 0 Å². The van der Waals surface area contributed by atoms with Gasteiger partial charge in [0.25, 0.3) is 5.56 Å². The van der Waals surface area contributed by atoms with E-state index in [0.717, 1.165) is 25.2 Å². The fraction of sp³-hybridized carbons (Fsp3) is 0.556. The van der Waals surface area contributed by atoms with Crippen LogP contribution in [0.5, 0.6) is 0 Å². The molecule has 0 saturated carbocycles.